The van der Waals surface area contributed by atoms with E-state index in [9.17, 15) is 50.4 Å². The molecule has 0 atom stereocenters. The zero-order chi connectivity index (χ0) is 47.9. The summed E-state index contributed by atoms with van der Waals surface area (Å²) in [7, 11) is -21.3. The van der Waals surface area contributed by atoms with Crippen LogP contribution in [0.4, 0.5) is 50.4 Å². The molecule has 6 aromatic rings. The van der Waals surface area contributed by atoms with Crippen molar-refractivity contribution in [2.24, 2.45) is 0 Å². The van der Waals surface area contributed by atoms with Gasteiger partial charge in [-0.25, -0.2) is 19.9 Å². The Hall–Kier alpha value is -4.24. The maximum atomic E-state index is 9.87. The summed E-state index contributed by atoms with van der Waals surface area (Å²) in [4.78, 5) is 16.5. The van der Waals surface area contributed by atoms with Gasteiger partial charge in [-0.3, -0.25) is 0 Å². The van der Waals surface area contributed by atoms with Crippen LogP contribution in [0.15, 0.2) is 87.0 Å². The second-order valence-corrected chi connectivity index (χ2v) is 17.3. The van der Waals surface area contributed by atoms with Crippen LogP contribution in [0, 0.1) is 64.2 Å². The third kappa shape index (κ3) is 29.3. The Labute approximate surface area is 393 Å². The molecule has 6 rings (SSSR count). The van der Waals surface area contributed by atoms with Gasteiger partial charge in [-0.15, -0.1) is 0 Å². The molecule has 26 heteroatoms. The molecule has 0 fully saturated rings. The van der Waals surface area contributed by atoms with Gasteiger partial charge in [0.25, 0.3) is 0 Å². The number of imidazole rings is 4. The van der Waals surface area contributed by atoms with Crippen LogP contribution in [0.5, 0.6) is 0 Å². The Bertz CT molecular complexity index is 2080. The Morgan fingerprint density at radius 1 is 0.422 bits per heavy atom. The van der Waals surface area contributed by atoms with Crippen LogP contribution in [0.25, 0.3) is 0 Å². The zero-order valence-electron chi connectivity index (χ0n) is 35.4. The van der Waals surface area contributed by atoms with Gasteiger partial charge in [0.05, 0.1) is 37.4 Å². The molecule has 4 heterocycles. The number of nitrogens with zero attached hydrogens (tertiary/aromatic N) is 10. The Morgan fingerprint density at radius 3 is 0.703 bits per heavy atom. The average molecular weight is 1150 g/mol. The summed E-state index contributed by atoms with van der Waals surface area (Å²) < 4.78 is 127. The van der Waals surface area contributed by atoms with E-state index < -0.39 is 15.6 Å². The monoisotopic (exact) mass is 1150 g/mol. The molecule has 0 aliphatic carbocycles. The molecule has 2 aromatic carbocycles. The first-order valence-corrected chi connectivity index (χ1v) is 21.8. The molecule has 0 aliphatic heterocycles. The molecule has 0 spiro atoms. The van der Waals surface area contributed by atoms with Gasteiger partial charge in [0.1, 0.15) is 0 Å². The molecular weight excluding hydrogens is 1100 g/mol. The van der Waals surface area contributed by atoms with Crippen molar-refractivity contribution in [1.82, 2.24) is 38.2 Å². The molecular formula is C38H46Ag2F12N10P2. The minimum Gasteiger partial charge on any atom is 1.00 e. The standard InChI is InChI=1S/2C17H20N4.2C2H3N.2Ag.2F6P/c2*1-13-8-14(2)17(10-21-7-5-19-12-21)15(3)16(13)9-20-6-4-18-11-20;2*1-2-3;;;2*1-7(2,3,4,5)6/h2*4-8,11-12H,9-10H2,1-3H3;2*1H3;;;;/q;;;;2*+1;2*-1. The van der Waals surface area contributed by atoms with Crippen LogP contribution in [-0.4, -0.2) is 38.2 Å². The van der Waals surface area contributed by atoms with Gasteiger partial charge in [0.15, 0.2) is 0 Å². The van der Waals surface area contributed by atoms with E-state index >= 15 is 0 Å². The Morgan fingerprint density at radius 2 is 0.578 bits per heavy atom. The first kappa shape index (κ1) is 61.8. The maximum absolute atomic E-state index is 10.7. The van der Waals surface area contributed by atoms with Gasteiger partial charge in [-0.05, 0) is 97.2 Å². The number of hydrogen-bond donors (Lipinski definition) is 0. The number of halogens is 12. The van der Waals surface area contributed by atoms with Crippen molar-refractivity contribution >= 4 is 15.6 Å². The van der Waals surface area contributed by atoms with E-state index in [4.69, 9.17) is 10.5 Å². The van der Waals surface area contributed by atoms with Crippen molar-refractivity contribution in [3.8, 4) is 12.1 Å². The Balaban J connectivity index is 0. The Kier molecular flexibility index (Phi) is 22.5. The molecule has 0 saturated carbocycles. The molecule has 64 heavy (non-hydrogen) atoms. The van der Waals surface area contributed by atoms with E-state index in [-0.39, 0.29) is 44.8 Å². The van der Waals surface area contributed by atoms with E-state index in [1.54, 1.807) is 12.1 Å². The van der Waals surface area contributed by atoms with E-state index in [0.29, 0.717) is 0 Å². The first-order valence-electron chi connectivity index (χ1n) is 17.8. The van der Waals surface area contributed by atoms with Gasteiger partial charge in [-0.2, -0.15) is 10.5 Å². The van der Waals surface area contributed by atoms with Gasteiger partial charge >= 0.3 is 111 Å². The van der Waals surface area contributed by atoms with Crippen molar-refractivity contribution in [3.63, 3.8) is 0 Å². The van der Waals surface area contributed by atoms with E-state index in [1.165, 1.54) is 69.5 Å². The fraction of sp³-hybridized carbons (Fsp3) is 0.316. The number of aryl methyl sites for hydroxylation is 4. The van der Waals surface area contributed by atoms with Crippen LogP contribution in [0.3, 0.4) is 0 Å². The number of nitriles is 2. The van der Waals surface area contributed by atoms with Crippen molar-refractivity contribution in [2.75, 3.05) is 0 Å². The predicted octanol–water partition coefficient (Wildman–Crippen LogP) is 14.0. The van der Waals surface area contributed by atoms with E-state index in [0.717, 1.165) is 26.2 Å². The van der Waals surface area contributed by atoms with E-state index in [2.05, 4.69) is 91.9 Å². The molecule has 0 unspecified atom stereocenters. The fourth-order valence-electron chi connectivity index (χ4n) is 5.77. The molecule has 0 bridgehead atoms. The molecule has 0 N–H and O–H groups in total. The van der Waals surface area contributed by atoms with E-state index in [1.807, 2.05) is 74.9 Å². The van der Waals surface area contributed by atoms with Gasteiger partial charge in [0, 0.05) is 89.6 Å². The van der Waals surface area contributed by atoms with Crippen molar-refractivity contribution in [2.45, 2.75) is 81.6 Å². The van der Waals surface area contributed by atoms with Gasteiger partial charge in [-0.1, -0.05) is 12.1 Å². The molecule has 10 nitrogen and oxygen atoms in total. The molecule has 4 aromatic heterocycles. The maximum Gasteiger partial charge on any atom is 1.00 e. The second kappa shape index (κ2) is 23.3. The van der Waals surface area contributed by atoms with Crippen LogP contribution in [-0.2, 0) is 70.9 Å². The van der Waals surface area contributed by atoms with Gasteiger partial charge < -0.3 is 18.3 Å². The molecule has 364 valence electrons. The van der Waals surface area contributed by atoms with Crippen LogP contribution < -0.4 is 0 Å². The first-order chi connectivity index (χ1) is 28.0. The summed E-state index contributed by atoms with van der Waals surface area (Å²) in [5.41, 5.74) is 13.6. The average Bonchev–Trinajstić information content (AvgIpc) is 3.93. The summed E-state index contributed by atoms with van der Waals surface area (Å²) in [5.74, 6) is 0. The topological polar surface area (TPSA) is 119 Å². The summed E-state index contributed by atoms with van der Waals surface area (Å²) in [6.45, 7) is 19.5. The fourth-order valence-corrected chi connectivity index (χ4v) is 5.77. The minimum atomic E-state index is -10.7. The summed E-state index contributed by atoms with van der Waals surface area (Å²) in [5, 5.41) is 14.6. The third-order valence-corrected chi connectivity index (χ3v) is 8.18. The summed E-state index contributed by atoms with van der Waals surface area (Å²) in [6.07, 6.45) is 22.8. The zero-order valence-corrected chi connectivity index (χ0v) is 40.2. The van der Waals surface area contributed by atoms with Crippen molar-refractivity contribution in [1.29, 1.82) is 10.5 Å². The van der Waals surface area contributed by atoms with Crippen LogP contribution in [0.1, 0.15) is 69.5 Å². The third-order valence-electron chi connectivity index (χ3n) is 8.18. The molecule has 0 aliphatic rings. The smallest absolute Gasteiger partial charge is 1.00 e. The minimum absolute atomic E-state index is 0. The quantitative estimate of drug-likeness (QED) is 0.0851. The number of hydrogen-bond acceptors (Lipinski definition) is 6. The predicted molar refractivity (Wildman–Crippen MR) is 216 cm³/mol. The second-order valence-electron chi connectivity index (χ2n) is 13.5. The summed E-state index contributed by atoms with van der Waals surface area (Å²) >= 11 is 0. The SMILES string of the molecule is CC#N.CC#N.Cc1cc(C)c(Cn2ccnc2)c(C)c1Cn1ccnc1.Cc1cc(C)c(Cn2ccnc2)c(C)c1Cn1ccnc1.F[P-](F)(F)(F)(F)F.F[P-](F)(F)(F)(F)F.[Ag+].[Ag+]. The van der Waals surface area contributed by atoms with Crippen LogP contribution >= 0.6 is 15.6 Å². The normalized spacial score (nSPS) is 12.5. The molecule has 0 amide bonds. The summed E-state index contributed by atoms with van der Waals surface area (Å²) in [6, 6.07) is 8.07. The van der Waals surface area contributed by atoms with Crippen molar-refractivity contribution in [3.05, 3.63) is 143 Å². The van der Waals surface area contributed by atoms with Crippen molar-refractivity contribution < 1.29 is 95.1 Å². The molecule has 0 saturated heterocycles. The van der Waals surface area contributed by atoms with Crippen LogP contribution in [0.2, 0.25) is 0 Å². The number of benzene rings is 2. The van der Waals surface area contributed by atoms with Gasteiger partial charge in [0.2, 0.25) is 0 Å². The number of rotatable bonds is 8. The number of aromatic nitrogens is 8. The molecule has 0 radical (unpaired) electrons. The largest absolute Gasteiger partial charge is 1.00 e.